The predicted octanol–water partition coefficient (Wildman–Crippen LogP) is 3.93. The molecular formula is C29H31N5O5. The molecule has 1 aliphatic carbocycles. The number of likely N-dealkylation sites (tertiary alicyclic amines) is 1. The zero-order chi connectivity index (χ0) is 26.3. The van der Waals surface area contributed by atoms with Crippen LogP contribution >= 0.6 is 0 Å². The van der Waals surface area contributed by atoms with Crippen molar-refractivity contribution in [3.05, 3.63) is 72.4 Å². The lowest BCUT2D eigenvalue weighted by molar-refractivity contribution is 0.107. The molecule has 202 valence electrons. The van der Waals surface area contributed by atoms with Gasteiger partial charge in [-0.15, -0.1) is 0 Å². The third-order valence-corrected chi connectivity index (χ3v) is 8.17. The monoisotopic (exact) mass is 529 g/mol. The molecule has 5 aliphatic rings. The third kappa shape index (κ3) is 4.48. The summed E-state index contributed by atoms with van der Waals surface area (Å²) in [6.07, 6.45) is 13.3. The van der Waals surface area contributed by atoms with E-state index in [0.29, 0.717) is 42.6 Å². The average molecular weight is 530 g/mol. The highest BCUT2D eigenvalue weighted by Gasteiger charge is 2.44. The Labute approximate surface area is 226 Å². The van der Waals surface area contributed by atoms with Crippen molar-refractivity contribution in [1.29, 1.82) is 0 Å². The van der Waals surface area contributed by atoms with Crippen LogP contribution in [0, 0.1) is 5.92 Å². The van der Waals surface area contributed by atoms with Gasteiger partial charge in [-0.05, 0) is 42.9 Å². The second-order valence-corrected chi connectivity index (χ2v) is 10.5. The summed E-state index contributed by atoms with van der Waals surface area (Å²) in [4.78, 5) is 28.4. The lowest BCUT2D eigenvalue weighted by Gasteiger charge is -2.28. The van der Waals surface area contributed by atoms with Gasteiger partial charge in [0, 0.05) is 44.5 Å². The number of pyridine rings is 2. The van der Waals surface area contributed by atoms with Crippen molar-refractivity contribution in [1.82, 2.24) is 19.8 Å². The van der Waals surface area contributed by atoms with Gasteiger partial charge in [0.15, 0.2) is 12.0 Å². The van der Waals surface area contributed by atoms with Crippen LogP contribution in [0.4, 0.5) is 10.5 Å². The molecule has 0 unspecified atom stereocenters. The van der Waals surface area contributed by atoms with Gasteiger partial charge in [-0.25, -0.2) is 14.7 Å². The van der Waals surface area contributed by atoms with Gasteiger partial charge in [-0.2, -0.15) is 0 Å². The van der Waals surface area contributed by atoms with Crippen LogP contribution in [-0.2, 0) is 14.2 Å². The fourth-order valence-electron chi connectivity index (χ4n) is 6.30. The number of ether oxygens (including phenoxy) is 4. The second kappa shape index (κ2) is 9.92. The molecule has 39 heavy (non-hydrogen) atoms. The summed E-state index contributed by atoms with van der Waals surface area (Å²) >= 11 is 0. The number of carbonyl (C=O) groups excluding carboxylic acids is 1. The van der Waals surface area contributed by atoms with Crippen LogP contribution < -0.4 is 9.64 Å². The van der Waals surface area contributed by atoms with E-state index < -0.39 is 6.09 Å². The van der Waals surface area contributed by atoms with Crippen molar-refractivity contribution in [2.45, 2.75) is 31.4 Å². The molecular weight excluding hydrogens is 498 g/mol. The number of fused-ring (bicyclic) bond motifs is 2. The van der Waals surface area contributed by atoms with E-state index in [1.807, 2.05) is 30.5 Å². The van der Waals surface area contributed by atoms with E-state index in [4.69, 9.17) is 23.9 Å². The summed E-state index contributed by atoms with van der Waals surface area (Å²) in [6.45, 7) is 3.98. The summed E-state index contributed by atoms with van der Waals surface area (Å²) in [5, 5.41) is 0. The molecule has 0 spiro atoms. The van der Waals surface area contributed by atoms with E-state index in [0.717, 1.165) is 61.2 Å². The number of methoxy groups -OCH3 is 1. The number of aromatic nitrogens is 2. The highest BCUT2D eigenvalue weighted by Crippen LogP contribution is 2.38. The number of hydrogen-bond donors (Lipinski definition) is 0. The molecule has 0 N–H and O–H groups in total. The molecule has 2 aromatic heterocycles. The van der Waals surface area contributed by atoms with Crippen molar-refractivity contribution >= 4 is 22.8 Å². The van der Waals surface area contributed by atoms with E-state index in [2.05, 4.69) is 26.9 Å². The summed E-state index contributed by atoms with van der Waals surface area (Å²) < 4.78 is 22.7. The Morgan fingerprint density at radius 1 is 1.15 bits per heavy atom. The Kier molecular flexibility index (Phi) is 6.11. The zero-order valence-corrected chi connectivity index (χ0v) is 21.9. The minimum atomic E-state index is -0.405. The number of anilines is 1. The predicted molar refractivity (Wildman–Crippen MR) is 144 cm³/mol. The maximum absolute atomic E-state index is 12.8. The normalized spacial score (nSPS) is 26.5. The average Bonchev–Trinajstić information content (AvgIpc) is 3.67. The highest BCUT2D eigenvalue weighted by molar-refractivity contribution is 5.88. The lowest BCUT2D eigenvalue weighted by Crippen LogP contribution is -2.38. The number of amides is 1. The van der Waals surface area contributed by atoms with Gasteiger partial charge in [0.05, 0.1) is 24.9 Å². The van der Waals surface area contributed by atoms with Crippen molar-refractivity contribution in [2.75, 3.05) is 44.7 Å². The molecule has 10 heteroatoms. The van der Waals surface area contributed by atoms with Crippen molar-refractivity contribution in [3.8, 4) is 5.88 Å². The summed E-state index contributed by atoms with van der Waals surface area (Å²) in [6, 6.07) is 6.23. The van der Waals surface area contributed by atoms with Gasteiger partial charge in [-0.3, -0.25) is 9.88 Å². The van der Waals surface area contributed by atoms with Crippen molar-refractivity contribution < 1.29 is 23.7 Å². The number of rotatable bonds is 6. The third-order valence-electron chi connectivity index (χ3n) is 8.17. The molecule has 10 nitrogen and oxygen atoms in total. The van der Waals surface area contributed by atoms with Crippen LogP contribution in [-0.4, -0.2) is 77.8 Å². The largest absolute Gasteiger partial charge is 0.481 e. The molecule has 0 saturated carbocycles. The Bertz CT molecular complexity index is 1420. The van der Waals surface area contributed by atoms with Gasteiger partial charge in [-0.1, -0.05) is 18.2 Å². The molecule has 0 aromatic carbocycles. The van der Waals surface area contributed by atoms with Crippen molar-refractivity contribution in [2.24, 2.45) is 5.92 Å². The second-order valence-electron chi connectivity index (χ2n) is 10.5. The fraction of sp³-hybridized carbons (Fsp3) is 0.414. The fourth-order valence-corrected chi connectivity index (χ4v) is 6.30. The maximum atomic E-state index is 12.8. The Hall–Kier alpha value is -4.05. The Balaban J connectivity index is 1.00. The molecule has 7 rings (SSSR count). The van der Waals surface area contributed by atoms with E-state index in [1.54, 1.807) is 13.4 Å². The van der Waals surface area contributed by atoms with Gasteiger partial charge >= 0.3 is 6.09 Å². The van der Waals surface area contributed by atoms with Crippen LogP contribution in [0.25, 0.3) is 11.0 Å². The summed E-state index contributed by atoms with van der Waals surface area (Å²) in [7, 11) is 1.63. The number of carbonyl (C=O) groups is 1. The minimum Gasteiger partial charge on any atom is -0.481 e. The molecule has 0 bridgehead atoms. The topological polar surface area (TPSA) is 89.5 Å². The first kappa shape index (κ1) is 24.0. The molecule has 2 aromatic rings. The summed E-state index contributed by atoms with van der Waals surface area (Å²) in [5.74, 6) is 2.14. The molecule has 4 aliphatic heterocycles. The molecule has 3 saturated heterocycles. The lowest BCUT2D eigenvalue weighted by atomic mass is 10.0. The van der Waals surface area contributed by atoms with Crippen molar-refractivity contribution in [3.63, 3.8) is 0 Å². The summed E-state index contributed by atoms with van der Waals surface area (Å²) in [5.41, 5.74) is 3.88. The first-order valence-electron chi connectivity index (χ1n) is 13.5. The highest BCUT2D eigenvalue weighted by atomic mass is 16.6. The van der Waals surface area contributed by atoms with E-state index in [9.17, 15) is 4.79 Å². The minimum absolute atomic E-state index is 0.242. The molecule has 3 atom stereocenters. The van der Waals surface area contributed by atoms with E-state index in [-0.39, 0.29) is 6.10 Å². The van der Waals surface area contributed by atoms with Gasteiger partial charge < -0.3 is 23.8 Å². The zero-order valence-electron chi connectivity index (χ0n) is 21.9. The van der Waals surface area contributed by atoms with E-state index in [1.165, 1.54) is 11.2 Å². The molecule has 6 heterocycles. The van der Waals surface area contributed by atoms with Gasteiger partial charge in [0.2, 0.25) is 11.8 Å². The number of hydrogen-bond acceptors (Lipinski definition) is 9. The number of cyclic esters (lactones) is 1. The first-order valence-corrected chi connectivity index (χ1v) is 13.5. The van der Waals surface area contributed by atoms with Crippen LogP contribution in [0.1, 0.15) is 19.3 Å². The number of nitrogens with zero attached hydrogens (tertiary/aromatic N) is 5. The Morgan fingerprint density at radius 3 is 2.97 bits per heavy atom. The maximum Gasteiger partial charge on any atom is 0.417 e. The first-order chi connectivity index (χ1) is 19.2. The SMILES string of the molecule is COc1ccc2nccc(N3CC[C@@H]4CN(C[C@@H]5CN(C6=COC=C(C7=CC=CCC7)O6)C(=O)O5)C[C@@H]43)c2n1. The Morgan fingerprint density at radius 2 is 2.10 bits per heavy atom. The van der Waals surface area contributed by atoms with Crippen LogP contribution in [0.3, 0.4) is 0 Å². The standard InChI is InChI=1S/C29H31N5O5/c1-36-26-8-7-22-28(31-26)23(9-11-30-22)33-12-10-20-13-32(16-24(20)33)14-21-15-34(29(35)38-21)27-18-37-17-25(39-27)19-5-3-2-4-6-19/h2-3,5,7-9,11,17-18,20-21,24H,4,6,10,12-16H2,1H3/t20-,21-,24+/m1/s1. The molecule has 3 fully saturated rings. The van der Waals surface area contributed by atoms with Gasteiger partial charge in [0.1, 0.15) is 17.9 Å². The number of allylic oxidation sites excluding steroid dienone is 4. The van der Waals surface area contributed by atoms with Crippen LogP contribution in [0.2, 0.25) is 0 Å². The van der Waals surface area contributed by atoms with E-state index >= 15 is 0 Å². The quantitative estimate of drug-likeness (QED) is 0.552. The smallest absolute Gasteiger partial charge is 0.417 e. The molecule has 0 radical (unpaired) electrons. The van der Waals surface area contributed by atoms with Gasteiger partial charge in [0.25, 0.3) is 0 Å². The van der Waals surface area contributed by atoms with Crippen LogP contribution in [0.5, 0.6) is 5.88 Å². The molecule has 1 amide bonds. The van der Waals surface area contributed by atoms with Crippen LogP contribution in [0.15, 0.2) is 72.4 Å².